The van der Waals surface area contributed by atoms with Crippen molar-refractivity contribution < 1.29 is 0 Å². The number of hydrogen-bond donors (Lipinski definition) is 1. The lowest BCUT2D eigenvalue weighted by atomic mass is 10.3. The average molecular weight is 232 g/mol. The van der Waals surface area contributed by atoms with Gasteiger partial charge in [0.25, 0.3) is 0 Å². The van der Waals surface area contributed by atoms with Crippen molar-refractivity contribution in [3.63, 3.8) is 0 Å². The van der Waals surface area contributed by atoms with Gasteiger partial charge in [0.05, 0.1) is 0 Å². The molecule has 2 rings (SSSR count). The Kier molecular flexibility index (Phi) is 2.74. The van der Waals surface area contributed by atoms with Gasteiger partial charge in [-0.1, -0.05) is 0 Å². The second-order valence-electron chi connectivity index (χ2n) is 3.10. The molecule has 0 aliphatic rings. The van der Waals surface area contributed by atoms with Crippen LogP contribution in [0, 0.1) is 25.2 Å². The van der Waals surface area contributed by atoms with Gasteiger partial charge in [0.1, 0.15) is 17.6 Å². The Morgan fingerprint density at radius 2 is 2.12 bits per heavy atom. The predicted octanol–water partition coefficient (Wildman–Crippen LogP) is 1.56. The Bertz CT molecular complexity index is 555. The summed E-state index contributed by atoms with van der Waals surface area (Å²) in [5.41, 5.74) is 1.06. The van der Waals surface area contributed by atoms with Crippen LogP contribution in [0.5, 0.6) is 0 Å². The summed E-state index contributed by atoms with van der Waals surface area (Å²) in [6.07, 6.45) is 0. The SMILES string of the molecule is Cc1cc(C#N)nc(Nc2nc(C)ns2)n1. The standard InChI is InChI=1S/C9H8N6S/c1-5-3-7(4-10)13-8(11-5)14-9-12-6(2)15-16-9/h3H,1-2H3,(H,11,12,13,14,15). The van der Waals surface area contributed by atoms with Crippen LogP contribution in [0.3, 0.4) is 0 Å². The lowest BCUT2D eigenvalue weighted by molar-refractivity contribution is 1.08. The molecule has 2 aromatic rings. The van der Waals surface area contributed by atoms with Gasteiger partial charge in [0.15, 0.2) is 0 Å². The van der Waals surface area contributed by atoms with Crippen LogP contribution in [0.1, 0.15) is 17.2 Å². The highest BCUT2D eigenvalue weighted by Crippen LogP contribution is 2.15. The van der Waals surface area contributed by atoms with E-state index in [9.17, 15) is 0 Å². The second kappa shape index (κ2) is 4.20. The van der Waals surface area contributed by atoms with Gasteiger partial charge in [-0.25, -0.2) is 15.0 Å². The van der Waals surface area contributed by atoms with Crippen LogP contribution in [0.25, 0.3) is 0 Å². The summed E-state index contributed by atoms with van der Waals surface area (Å²) < 4.78 is 4.03. The van der Waals surface area contributed by atoms with Crippen molar-refractivity contribution in [2.45, 2.75) is 13.8 Å². The van der Waals surface area contributed by atoms with E-state index in [0.29, 0.717) is 22.6 Å². The fraction of sp³-hybridized carbons (Fsp3) is 0.222. The maximum absolute atomic E-state index is 8.76. The molecule has 0 radical (unpaired) electrons. The molecule has 0 saturated heterocycles. The molecule has 0 spiro atoms. The van der Waals surface area contributed by atoms with Gasteiger partial charge in [-0.15, -0.1) is 0 Å². The third-order valence-electron chi connectivity index (χ3n) is 1.72. The van der Waals surface area contributed by atoms with Crippen molar-refractivity contribution in [2.75, 3.05) is 5.32 Å². The molecule has 0 aromatic carbocycles. The van der Waals surface area contributed by atoms with E-state index in [4.69, 9.17) is 5.26 Å². The number of rotatable bonds is 2. The number of nitrogens with zero attached hydrogens (tertiary/aromatic N) is 5. The maximum Gasteiger partial charge on any atom is 0.230 e. The van der Waals surface area contributed by atoms with Crippen LogP contribution in [0.15, 0.2) is 6.07 Å². The van der Waals surface area contributed by atoms with Crippen LogP contribution in [0.2, 0.25) is 0 Å². The Hall–Kier alpha value is -2.07. The zero-order valence-electron chi connectivity index (χ0n) is 8.72. The highest BCUT2D eigenvalue weighted by atomic mass is 32.1. The molecule has 80 valence electrons. The summed E-state index contributed by atoms with van der Waals surface area (Å²) >= 11 is 1.23. The molecule has 0 atom stereocenters. The number of nitrogens with one attached hydrogen (secondary N) is 1. The molecule has 6 nitrogen and oxygen atoms in total. The molecule has 0 saturated carbocycles. The number of aromatic nitrogens is 4. The number of hydrogen-bond acceptors (Lipinski definition) is 7. The van der Waals surface area contributed by atoms with Crippen LogP contribution in [-0.2, 0) is 0 Å². The molecular weight excluding hydrogens is 224 g/mol. The molecule has 0 unspecified atom stereocenters. The first kappa shape index (κ1) is 10.4. The monoisotopic (exact) mass is 232 g/mol. The van der Waals surface area contributed by atoms with Gasteiger partial charge in [-0.2, -0.15) is 9.64 Å². The van der Waals surface area contributed by atoms with Gasteiger partial charge < -0.3 is 0 Å². The topological polar surface area (TPSA) is 87.4 Å². The van der Waals surface area contributed by atoms with E-state index >= 15 is 0 Å². The van der Waals surface area contributed by atoms with Crippen molar-refractivity contribution in [3.05, 3.63) is 23.3 Å². The van der Waals surface area contributed by atoms with Crippen LogP contribution < -0.4 is 5.32 Å². The van der Waals surface area contributed by atoms with Crippen molar-refractivity contribution in [1.29, 1.82) is 5.26 Å². The second-order valence-corrected chi connectivity index (χ2v) is 3.85. The van der Waals surface area contributed by atoms with E-state index in [0.717, 1.165) is 5.69 Å². The summed E-state index contributed by atoms with van der Waals surface area (Å²) in [7, 11) is 0. The van der Waals surface area contributed by atoms with Crippen LogP contribution in [-0.4, -0.2) is 19.3 Å². The van der Waals surface area contributed by atoms with Crippen molar-refractivity contribution in [1.82, 2.24) is 19.3 Å². The van der Waals surface area contributed by atoms with Gasteiger partial charge in [-0.3, -0.25) is 5.32 Å². The molecule has 2 heterocycles. The van der Waals surface area contributed by atoms with Gasteiger partial charge >= 0.3 is 0 Å². The molecular formula is C9H8N6S. The highest BCUT2D eigenvalue weighted by molar-refractivity contribution is 7.09. The van der Waals surface area contributed by atoms with Gasteiger partial charge in [-0.05, 0) is 19.9 Å². The Morgan fingerprint density at radius 1 is 1.31 bits per heavy atom. The zero-order chi connectivity index (χ0) is 11.5. The van der Waals surface area contributed by atoms with E-state index in [1.807, 2.05) is 6.07 Å². The Morgan fingerprint density at radius 3 is 2.75 bits per heavy atom. The van der Waals surface area contributed by atoms with Crippen LogP contribution in [0.4, 0.5) is 11.1 Å². The number of aryl methyl sites for hydroxylation is 2. The molecule has 0 amide bonds. The minimum absolute atomic E-state index is 0.330. The highest BCUT2D eigenvalue weighted by Gasteiger charge is 2.05. The number of anilines is 2. The summed E-state index contributed by atoms with van der Waals surface area (Å²) in [4.78, 5) is 12.3. The molecule has 1 N–H and O–H groups in total. The molecule has 0 aliphatic carbocycles. The molecule has 0 bridgehead atoms. The largest absolute Gasteiger partial charge is 0.299 e. The number of nitriles is 1. The Balaban J connectivity index is 2.28. The maximum atomic E-state index is 8.76. The van der Waals surface area contributed by atoms with Gasteiger partial charge in [0.2, 0.25) is 11.1 Å². The quantitative estimate of drug-likeness (QED) is 0.845. The molecule has 0 aliphatic heterocycles. The van der Waals surface area contributed by atoms with Gasteiger partial charge in [0, 0.05) is 17.2 Å². The van der Waals surface area contributed by atoms with E-state index in [2.05, 4.69) is 24.6 Å². The first-order valence-electron chi connectivity index (χ1n) is 4.50. The summed E-state index contributed by atoms with van der Waals surface area (Å²) in [6.45, 7) is 3.61. The summed E-state index contributed by atoms with van der Waals surface area (Å²) in [5.74, 6) is 1.06. The first-order chi connectivity index (χ1) is 7.67. The third-order valence-corrected chi connectivity index (χ3v) is 2.44. The summed E-state index contributed by atoms with van der Waals surface area (Å²) in [5, 5.41) is 12.3. The zero-order valence-corrected chi connectivity index (χ0v) is 9.54. The lowest BCUT2D eigenvalue weighted by Crippen LogP contribution is -2.00. The normalized spacial score (nSPS) is 9.81. The third kappa shape index (κ3) is 2.29. The Labute approximate surface area is 96.2 Å². The molecule has 2 aromatic heterocycles. The van der Waals surface area contributed by atoms with Crippen LogP contribution >= 0.6 is 11.5 Å². The van der Waals surface area contributed by atoms with E-state index in [-0.39, 0.29) is 0 Å². The fourth-order valence-electron chi connectivity index (χ4n) is 1.13. The smallest absolute Gasteiger partial charge is 0.230 e. The minimum Gasteiger partial charge on any atom is -0.299 e. The fourth-order valence-corrected chi connectivity index (χ4v) is 1.69. The van der Waals surface area contributed by atoms with Crippen molar-refractivity contribution in [3.8, 4) is 6.07 Å². The van der Waals surface area contributed by atoms with Crippen molar-refractivity contribution >= 4 is 22.6 Å². The molecule has 7 heteroatoms. The van der Waals surface area contributed by atoms with E-state index in [1.165, 1.54) is 11.5 Å². The first-order valence-corrected chi connectivity index (χ1v) is 5.28. The van der Waals surface area contributed by atoms with Crippen molar-refractivity contribution in [2.24, 2.45) is 0 Å². The average Bonchev–Trinajstić information content (AvgIpc) is 2.63. The minimum atomic E-state index is 0.330. The molecule has 16 heavy (non-hydrogen) atoms. The summed E-state index contributed by atoms with van der Waals surface area (Å²) in [6, 6.07) is 3.60. The van der Waals surface area contributed by atoms with E-state index < -0.39 is 0 Å². The lowest BCUT2D eigenvalue weighted by Gasteiger charge is -2.01. The molecule has 0 fully saturated rings. The predicted molar refractivity (Wildman–Crippen MR) is 59.4 cm³/mol. The van der Waals surface area contributed by atoms with E-state index in [1.54, 1.807) is 19.9 Å².